The molecule has 0 unspecified atom stereocenters. The Bertz CT molecular complexity index is 641. The Kier molecular flexibility index (Phi) is 5.30. The molecule has 2 aromatic rings. The summed E-state index contributed by atoms with van der Waals surface area (Å²) in [7, 11) is 0. The lowest BCUT2D eigenvalue weighted by Crippen LogP contribution is -2.08. The molecule has 0 saturated carbocycles. The van der Waals surface area contributed by atoms with E-state index < -0.39 is 6.10 Å². The van der Waals surface area contributed by atoms with Crippen LogP contribution < -0.4 is 4.74 Å². The molecule has 0 saturated heterocycles. The van der Waals surface area contributed by atoms with Crippen molar-refractivity contribution < 1.29 is 9.84 Å². The number of benzene rings is 1. The van der Waals surface area contributed by atoms with Gasteiger partial charge in [0.1, 0.15) is 12.4 Å². The summed E-state index contributed by atoms with van der Waals surface area (Å²) < 4.78 is 8.59. The average Bonchev–Trinajstić information content (AvgIpc) is 2.71. The van der Waals surface area contributed by atoms with Gasteiger partial charge in [0.25, 0.3) is 0 Å². The number of halogens is 2. The molecule has 0 bridgehead atoms. The van der Waals surface area contributed by atoms with Gasteiger partial charge in [-0.2, -0.15) is 5.10 Å². The maximum Gasteiger partial charge on any atom is 0.131 e. The first-order chi connectivity index (χ1) is 9.93. The SMILES string of the molecule is CCn1nc(C)c(Cl)c1COc1cc(Br)ccc1[C@H](C)O. The number of ether oxygens (including phenoxy) is 1. The lowest BCUT2D eigenvalue weighted by atomic mass is 10.1. The summed E-state index contributed by atoms with van der Waals surface area (Å²) >= 11 is 9.68. The molecular weight excluding hydrogens is 356 g/mol. The molecular formula is C15H18BrClN2O2. The Morgan fingerprint density at radius 2 is 2.19 bits per heavy atom. The Hall–Kier alpha value is -1.04. The van der Waals surface area contributed by atoms with E-state index in [0.29, 0.717) is 17.4 Å². The van der Waals surface area contributed by atoms with E-state index >= 15 is 0 Å². The summed E-state index contributed by atoms with van der Waals surface area (Å²) in [6.07, 6.45) is -0.596. The number of hydrogen-bond donors (Lipinski definition) is 1. The van der Waals surface area contributed by atoms with Crippen LogP contribution in [0.4, 0.5) is 0 Å². The van der Waals surface area contributed by atoms with Crippen LogP contribution >= 0.6 is 27.5 Å². The number of rotatable bonds is 5. The van der Waals surface area contributed by atoms with Crippen molar-refractivity contribution in [2.24, 2.45) is 0 Å². The molecule has 1 aromatic heterocycles. The highest BCUT2D eigenvalue weighted by Crippen LogP contribution is 2.30. The van der Waals surface area contributed by atoms with Crippen molar-refractivity contribution in [1.82, 2.24) is 9.78 Å². The molecule has 1 heterocycles. The summed E-state index contributed by atoms with van der Waals surface area (Å²) in [6, 6.07) is 5.56. The summed E-state index contributed by atoms with van der Waals surface area (Å²) in [5.74, 6) is 0.636. The zero-order valence-electron chi connectivity index (χ0n) is 12.2. The van der Waals surface area contributed by atoms with Gasteiger partial charge in [-0.3, -0.25) is 4.68 Å². The first kappa shape index (κ1) is 16.3. The van der Waals surface area contributed by atoms with Crippen molar-refractivity contribution in [1.29, 1.82) is 0 Å². The number of aliphatic hydroxyl groups is 1. The van der Waals surface area contributed by atoms with Crippen molar-refractivity contribution in [3.05, 3.63) is 44.6 Å². The van der Waals surface area contributed by atoms with Gasteiger partial charge in [-0.1, -0.05) is 33.6 Å². The number of nitrogens with zero attached hydrogens (tertiary/aromatic N) is 2. The molecule has 1 atom stereocenters. The van der Waals surface area contributed by atoms with Crippen LogP contribution in [0.15, 0.2) is 22.7 Å². The van der Waals surface area contributed by atoms with Gasteiger partial charge in [-0.25, -0.2) is 0 Å². The molecule has 0 radical (unpaired) electrons. The molecule has 1 aromatic carbocycles. The number of aliphatic hydroxyl groups excluding tert-OH is 1. The van der Waals surface area contributed by atoms with Gasteiger partial charge in [-0.15, -0.1) is 0 Å². The minimum absolute atomic E-state index is 0.309. The van der Waals surface area contributed by atoms with Gasteiger partial charge in [0.15, 0.2) is 0 Å². The molecule has 2 rings (SSSR count). The predicted octanol–water partition coefficient (Wildman–Crippen LogP) is 4.26. The first-order valence-electron chi connectivity index (χ1n) is 6.76. The van der Waals surface area contributed by atoms with Crippen molar-refractivity contribution in [2.75, 3.05) is 0 Å². The molecule has 0 aliphatic carbocycles. The largest absolute Gasteiger partial charge is 0.487 e. The normalized spacial score (nSPS) is 12.5. The van der Waals surface area contributed by atoms with Crippen LogP contribution in [0.5, 0.6) is 5.75 Å². The molecule has 0 fully saturated rings. The minimum atomic E-state index is -0.596. The molecule has 0 aliphatic rings. The van der Waals surface area contributed by atoms with Crippen LogP contribution in [-0.2, 0) is 13.2 Å². The van der Waals surface area contributed by atoms with Crippen molar-refractivity contribution in [3.63, 3.8) is 0 Å². The number of aromatic nitrogens is 2. The molecule has 0 amide bonds. The van der Waals surface area contributed by atoms with E-state index in [9.17, 15) is 5.11 Å². The van der Waals surface area contributed by atoms with E-state index in [1.807, 2.05) is 36.7 Å². The van der Waals surface area contributed by atoms with Crippen molar-refractivity contribution in [2.45, 2.75) is 40.0 Å². The van der Waals surface area contributed by atoms with Gasteiger partial charge in [0.05, 0.1) is 22.5 Å². The van der Waals surface area contributed by atoms with E-state index in [-0.39, 0.29) is 0 Å². The van der Waals surface area contributed by atoms with Gasteiger partial charge in [0.2, 0.25) is 0 Å². The van der Waals surface area contributed by atoms with Crippen LogP contribution in [0.2, 0.25) is 5.02 Å². The van der Waals surface area contributed by atoms with E-state index in [1.54, 1.807) is 6.92 Å². The molecule has 0 aliphatic heterocycles. The third-order valence-corrected chi connectivity index (χ3v) is 4.23. The summed E-state index contributed by atoms with van der Waals surface area (Å²) in [6.45, 7) is 6.63. The monoisotopic (exact) mass is 372 g/mol. The maximum atomic E-state index is 9.81. The Labute approximate surface area is 137 Å². The molecule has 114 valence electrons. The third-order valence-electron chi connectivity index (χ3n) is 3.24. The van der Waals surface area contributed by atoms with E-state index in [0.717, 1.165) is 28.0 Å². The fourth-order valence-electron chi connectivity index (χ4n) is 2.13. The van der Waals surface area contributed by atoms with Gasteiger partial charge >= 0.3 is 0 Å². The molecule has 0 spiro atoms. The topological polar surface area (TPSA) is 47.3 Å². The maximum absolute atomic E-state index is 9.81. The van der Waals surface area contributed by atoms with Gasteiger partial charge in [-0.05, 0) is 32.9 Å². The molecule has 1 N–H and O–H groups in total. The van der Waals surface area contributed by atoms with E-state index in [2.05, 4.69) is 21.0 Å². The second-order valence-corrected chi connectivity index (χ2v) is 6.10. The summed E-state index contributed by atoms with van der Waals surface area (Å²) in [5, 5.41) is 14.8. The lowest BCUT2D eigenvalue weighted by Gasteiger charge is -2.14. The van der Waals surface area contributed by atoms with Crippen LogP contribution in [0, 0.1) is 6.92 Å². The van der Waals surface area contributed by atoms with Crippen LogP contribution in [0.25, 0.3) is 0 Å². The Balaban J connectivity index is 2.26. The third kappa shape index (κ3) is 3.59. The zero-order chi connectivity index (χ0) is 15.6. The minimum Gasteiger partial charge on any atom is -0.487 e. The second-order valence-electron chi connectivity index (χ2n) is 4.81. The quantitative estimate of drug-likeness (QED) is 0.852. The fraction of sp³-hybridized carbons (Fsp3) is 0.400. The van der Waals surface area contributed by atoms with Gasteiger partial charge < -0.3 is 9.84 Å². The van der Waals surface area contributed by atoms with E-state index in [4.69, 9.17) is 16.3 Å². The highest BCUT2D eigenvalue weighted by Gasteiger charge is 2.15. The van der Waals surface area contributed by atoms with E-state index in [1.165, 1.54) is 0 Å². The number of hydrogen-bond acceptors (Lipinski definition) is 3. The van der Waals surface area contributed by atoms with Crippen LogP contribution in [0.1, 0.15) is 36.9 Å². The summed E-state index contributed by atoms with van der Waals surface area (Å²) in [4.78, 5) is 0. The number of aryl methyl sites for hydroxylation is 2. The zero-order valence-corrected chi connectivity index (χ0v) is 14.6. The Morgan fingerprint density at radius 3 is 2.81 bits per heavy atom. The Morgan fingerprint density at radius 1 is 1.48 bits per heavy atom. The predicted molar refractivity (Wildman–Crippen MR) is 86.8 cm³/mol. The average molecular weight is 374 g/mol. The fourth-order valence-corrected chi connectivity index (χ4v) is 2.66. The standard InChI is InChI=1S/C15H18BrClN2O2/c1-4-19-13(15(17)9(2)18-19)8-21-14-7-11(16)5-6-12(14)10(3)20/h5-7,10,20H,4,8H2,1-3H3/t10-/m0/s1. The highest BCUT2D eigenvalue weighted by molar-refractivity contribution is 9.10. The molecule has 4 nitrogen and oxygen atoms in total. The highest BCUT2D eigenvalue weighted by atomic mass is 79.9. The summed E-state index contributed by atoms with van der Waals surface area (Å²) in [5.41, 5.74) is 2.38. The van der Waals surface area contributed by atoms with Crippen LogP contribution in [-0.4, -0.2) is 14.9 Å². The molecule has 6 heteroatoms. The van der Waals surface area contributed by atoms with Crippen molar-refractivity contribution in [3.8, 4) is 5.75 Å². The second kappa shape index (κ2) is 6.81. The lowest BCUT2D eigenvalue weighted by molar-refractivity contribution is 0.189. The molecule has 21 heavy (non-hydrogen) atoms. The van der Waals surface area contributed by atoms with Gasteiger partial charge in [0, 0.05) is 16.6 Å². The smallest absolute Gasteiger partial charge is 0.131 e. The first-order valence-corrected chi connectivity index (χ1v) is 7.93. The van der Waals surface area contributed by atoms with Crippen LogP contribution in [0.3, 0.4) is 0 Å². The van der Waals surface area contributed by atoms with Crippen molar-refractivity contribution >= 4 is 27.5 Å².